The van der Waals surface area contributed by atoms with Crippen molar-refractivity contribution in [3.05, 3.63) is 34.6 Å². The van der Waals surface area contributed by atoms with E-state index in [9.17, 15) is 4.39 Å². The van der Waals surface area contributed by atoms with Crippen molar-refractivity contribution in [1.29, 1.82) is 0 Å². The van der Waals surface area contributed by atoms with Crippen molar-refractivity contribution < 1.29 is 4.39 Å². The highest BCUT2D eigenvalue weighted by molar-refractivity contribution is 6.30. The molecule has 0 nitrogen and oxygen atoms in total. The molecule has 0 aliphatic carbocycles. The summed E-state index contributed by atoms with van der Waals surface area (Å²) in [6, 6.07) is 4.67. The maximum Gasteiger partial charge on any atom is 0.143 e. The first-order chi connectivity index (χ1) is 8.24. The van der Waals surface area contributed by atoms with Gasteiger partial charge < -0.3 is 0 Å². The quantitative estimate of drug-likeness (QED) is 0.500. The molecule has 0 bridgehead atoms. The normalized spacial score (nSPS) is 9.82. The lowest BCUT2D eigenvalue weighted by Gasteiger charge is -1.95. The molecule has 0 N–H and O–H groups in total. The van der Waals surface area contributed by atoms with E-state index in [2.05, 4.69) is 18.8 Å². The second kappa shape index (κ2) is 8.14. The molecule has 1 rings (SSSR count). The van der Waals surface area contributed by atoms with Gasteiger partial charge in [-0.15, -0.1) is 0 Å². The molecule has 1 aromatic rings. The number of unbranched alkanes of at least 4 members (excludes halogenated alkanes) is 5. The number of benzene rings is 1. The lowest BCUT2D eigenvalue weighted by atomic mass is 10.1. The van der Waals surface area contributed by atoms with Gasteiger partial charge in [0.15, 0.2) is 0 Å². The Hall–Kier alpha value is -1.00. The van der Waals surface area contributed by atoms with Crippen LogP contribution >= 0.6 is 11.6 Å². The van der Waals surface area contributed by atoms with E-state index < -0.39 is 5.82 Å². The molecule has 2 heteroatoms. The maximum atomic E-state index is 13.1. The van der Waals surface area contributed by atoms with Gasteiger partial charge in [0.05, 0.1) is 5.02 Å². The number of rotatable bonds is 5. The Bertz CT molecular complexity index is 401. The molecule has 0 unspecified atom stereocenters. The van der Waals surface area contributed by atoms with Crippen LogP contribution in [0.1, 0.15) is 51.0 Å². The second-order valence-corrected chi connectivity index (χ2v) is 4.50. The van der Waals surface area contributed by atoms with Gasteiger partial charge in [-0.3, -0.25) is 0 Å². The zero-order valence-corrected chi connectivity index (χ0v) is 11.0. The van der Waals surface area contributed by atoms with Crippen molar-refractivity contribution in [3.8, 4) is 11.8 Å². The van der Waals surface area contributed by atoms with Crippen LogP contribution in [0.25, 0.3) is 0 Å². The van der Waals surface area contributed by atoms with Crippen LogP contribution in [0.15, 0.2) is 18.2 Å². The van der Waals surface area contributed by atoms with E-state index in [1.54, 1.807) is 12.1 Å². The van der Waals surface area contributed by atoms with Crippen LogP contribution in [0.5, 0.6) is 0 Å². The first-order valence-corrected chi connectivity index (χ1v) is 6.55. The predicted octanol–water partition coefficient (Wildman–Crippen LogP) is 5.19. The molecule has 0 aliphatic rings. The summed E-state index contributed by atoms with van der Waals surface area (Å²) in [4.78, 5) is 0. The third-order valence-electron chi connectivity index (χ3n) is 2.56. The molecule has 0 amide bonds. The largest absolute Gasteiger partial charge is 0.205 e. The minimum absolute atomic E-state index is 0.148. The summed E-state index contributed by atoms with van der Waals surface area (Å²) in [6.45, 7) is 2.20. The minimum atomic E-state index is -0.401. The highest BCUT2D eigenvalue weighted by Crippen LogP contribution is 2.14. The number of hydrogen-bond acceptors (Lipinski definition) is 0. The van der Waals surface area contributed by atoms with Gasteiger partial charge in [0.2, 0.25) is 0 Å². The average Bonchev–Trinajstić information content (AvgIpc) is 2.32. The van der Waals surface area contributed by atoms with Crippen LogP contribution in [0.2, 0.25) is 5.02 Å². The maximum absolute atomic E-state index is 13.1. The monoisotopic (exact) mass is 252 g/mol. The molecule has 0 heterocycles. The third kappa shape index (κ3) is 5.75. The van der Waals surface area contributed by atoms with E-state index in [1.165, 1.54) is 31.7 Å². The summed E-state index contributed by atoms with van der Waals surface area (Å²) < 4.78 is 13.1. The Morgan fingerprint density at radius 3 is 2.65 bits per heavy atom. The van der Waals surface area contributed by atoms with E-state index in [1.807, 2.05) is 0 Å². The van der Waals surface area contributed by atoms with Crippen LogP contribution in [-0.2, 0) is 0 Å². The lowest BCUT2D eigenvalue weighted by Crippen LogP contribution is -1.80. The molecule has 0 fully saturated rings. The van der Waals surface area contributed by atoms with E-state index >= 15 is 0 Å². The van der Waals surface area contributed by atoms with Crippen molar-refractivity contribution in [2.45, 2.75) is 45.4 Å². The van der Waals surface area contributed by atoms with E-state index in [-0.39, 0.29) is 5.02 Å². The van der Waals surface area contributed by atoms with Crippen LogP contribution < -0.4 is 0 Å². The molecule has 17 heavy (non-hydrogen) atoms. The van der Waals surface area contributed by atoms with Crippen molar-refractivity contribution in [3.63, 3.8) is 0 Å². The van der Waals surface area contributed by atoms with Gasteiger partial charge in [-0.1, -0.05) is 56.0 Å². The van der Waals surface area contributed by atoms with Gasteiger partial charge in [-0.2, -0.15) is 0 Å². The van der Waals surface area contributed by atoms with Crippen LogP contribution in [0.3, 0.4) is 0 Å². The third-order valence-corrected chi connectivity index (χ3v) is 2.86. The first-order valence-electron chi connectivity index (χ1n) is 6.18. The SMILES string of the molecule is CCCCCCCC#Cc1ccc(Cl)c(F)c1. The molecule has 0 radical (unpaired) electrons. The summed E-state index contributed by atoms with van der Waals surface area (Å²) >= 11 is 5.59. The van der Waals surface area contributed by atoms with Crippen molar-refractivity contribution in [2.24, 2.45) is 0 Å². The summed E-state index contributed by atoms with van der Waals surface area (Å²) in [5, 5.41) is 0.148. The van der Waals surface area contributed by atoms with Crippen molar-refractivity contribution in [1.82, 2.24) is 0 Å². The Labute approximate surface area is 108 Å². The smallest absolute Gasteiger partial charge is 0.143 e. The van der Waals surface area contributed by atoms with E-state index in [0.717, 1.165) is 12.8 Å². The van der Waals surface area contributed by atoms with E-state index in [0.29, 0.717) is 5.56 Å². The molecule has 92 valence electrons. The fraction of sp³-hybridized carbons (Fsp3) is 0.467. The molecule has 0 saturated heterocycles. The Kier molecular flexibility index (Phi) is 6.74. The van der Waals surface area contributed by atoms with Gasteiger partial charge in [0.1, 0.15) is 5.82 Å². The summed E-state index contributed by atoms with van der Waals surface area (Å²) in [5.74, 6) is 5.62. The molecule has 0 saturated carbocycles. The molecular weight excluding hydrogens is 235 g/mol. The van der Waals surface area contributed by atoms with E-state index in [4.69, 9.17) is 11.6 Å². The van der Waals surface area contributed by atoms with Crippen molar-refractivity contribution in [2.75, 3.05) is 0 Å². The average molecular weight is 253 g/mol. The molecule has 0 spiro atoms. The molecule has 0 aromatic heterocycles. The van der Waals surface area contributed by atoms with Crippen molar-refractivity contribution >= 4 is 11.6 Å². The highest BCUT2D eigenvalue weighted by atomic mass is 35.5. The Morgan fingerprint density at radius 2 is 1.94 bits per heavy atom. The number of halogens is 2. The first kappa shape index (κ1) is 14.1. The van der Waals surface area contributed by atoms with Crippen LogP contribution in [-0.4, -0.2) is 0 Å². The molecule has 1 aromatic carbocycles. The lowest BCUT2D eigenvalue weighted by molar-refractivity contribution is 0.628. The van der Waals surface area contributed by atoms with Gasteiger partial charge >= 0.3 is 0 Å². The Morgan fingerprint density at radius 1 is 1.18 bits per heavy atom. The molecular formula is C15H18ClF. The summed E-state index contributed by atoms with van der Waals surface area (Å²) in [6.07, 6.45) is 7.09. The highest BCUT2D eigenvalue weighted by Gasteiger charge is 1.97. The predicted molar refractivity (Wildman–Crippen MR) is 71.7 cm³/mol. The van der Waals surface area contributed by atoms with Gasteiger partial charge in [0, 0.05) is 12.0 Å². The summed E-state index contributed by atoms with van der Waals surface area (Å²) in [5.41, 5.74) is 0.695. The van der Waals surface area contributed by atoms with Gasteiger partial charge in [-0.05, 0) is 24.6 Å². The fourth-order valence-electron chi connectivity index (χ4n) is 1.56. The minimum Gasteiger partial charge on any atom is -0.205 e. The van der Waals surface area contributed by atoms with Crippen LogP contribution in [0, 0.1) is 17.7 Å². The zero-order chi connectivity index (χ0) is 12.5. The standard InChI is InChI=1S/C15H18ClF/c1-2-3-4-5-6-7-8-9-13-10-11-14(16)15(17)12-13/h10-12H,2-7H2,1H3. The van der Waals surface area contributed by atoms with Gasteiger partial charge in [0.25, 0.3) is 0 Å². The van der Waals surface area contributed by atoms with Crippen LogP contribution in [0.4, 0.5) is 4.39 Å². The Balaban J connectivity index is 2.31. The fourth-order valence-corrected chi connectivity index (χ4v) is 1.67. The zero-order valence-electron chi connectivity index (χ0n) is 10.2. The number of hydrogen-bond donors (Lipinski definition) is 0. The molecule has 0 aliphatic heterocycles. The second-order valence-electron chi connectivity index (χ2n) is 4.09. The topological polar surface area (TPSA) is 0 Å². The summed E-state index contributed by atoms with van der Waals surface area (Å²) in [7, 11) is 0. The van der Waals surface area contributed by atoms with Gasteiger partial charge in [-0.25, -0.2) is 4.39 Å². The molecule has 0 atom stereocenters.